The molecule has 0 amide bonds. The molecule has 3 rings (SSSR count). The number of sulfonamides is 1. The summed E-state index contributed by atoms with van der Waals surface area (Å²) in [4.78, 5) is 11.7. The van der Waals surface area contributed by atoms with E-state index in [0.717, 1.165) is 29.8 Å². The van der Waals surface area contributed by atoms with Gasteiger partial charge in [-0.25, -0.2) is 12.8 Å². The topological polar surface area (TPSA) is 81.5 Å². The molecule has 0 spiro atoms. The highest BCUT2D eigenvalue weighted by molar-refractivity contribution is 7.89. The van der Waals surface area contributed by atoms with Gasteiger partial charge in [-0.3, -0.25) is 9.48 Å². The van der Waals surface area contributed by atoms with Crippen LogP contribution in [0.1, 0.15) is 37.1 Å². The molecule has 2 aromatic rings. The molecule has 10 heteroatoms. The van der Waals surface area contributed by atoms with Crippen LogP contribution >= 0.6 is 11.6 Å². The number of fused-ring (bicyclic) bond motifs is 1. The number of rotatable bonds is 6. The predicted octanol–water partition coefficient (Wildman–Crippen LogP) is 2.94. The standard InChI is InChI=1S/C18H21ClFN3O4S/c1-3-27-18(24)11-23-17-6-4-5-16(13(17)10-21-23)22(2)28(25,26)12-7-8-15(20)14(19)9-12/h7-10,16H,3-6,11H2,1-2H3. The second-order valence-corrected chi connectivity index (χ2v) is 8.92. The first-order valence-corrected chi connectivity index (χ1v) is 10.7. The Morgan fingerprint density at radius 1 is 1.46 bits per heavy atom. The van der Waals surface area contributed by atoms with Crippen LogP contribution in [0.2, 0.25) is 5.02 Å². The van der Waals surface area contributed by atoms with Crippen LogP contribution in [-0.2, 0) is 32.5 Å². The van der Waals surface area contributed by atoms with Gasteiger partial charge in [-0.15, -0.1) is 0 Å². The van der Waals surface area contributed by atoms with Crippen LogP contribution in [0.5, 0.6) is 0 Å². The summed E-state index contributed by atoms with van der Waals surface area (Å²) in [6.45, 7) is 2.00. The molecule has 1 unspecified atom stereocenters. The van der Waals surface area contributed by atoms with E-state index in [9.17, 15) is 17.6 Å². The first-order valence-electron chi connectivity index (χ1n) is 8.89. The zero-order valence-corrected chi connectivity index (χ0v) is 17.1. The van der Waals surface area contributed by atoms with E-state index >= 15 is 0 Å². The zero-order chi connectivity index (χ0) is 20.5. The van der Waals surface area contributed by atoms with Gasteiger partial charge in [0.15, 0.2) is 0 Å². The molecule has 0 N–H and O–H groups in total. The average molecular weight is 430 g/mol. The fraction of sp³-hybridized carbons (Fsp3) is 0.444. The van der Waals surface area contributed by atoms with Gasteiger partial charge >= 0.3 is 5.97 Å². The van der Waals surface area contributed by atoms with E-state index in [1.807, 2.05) is 0 Å². The monoisotopic (exact) mass is 429 g/mol. The van der Waals surface area contributed by atoms with Crippen LogP contribution in [0.3, 0.4) is 0 Å². The van der Waals surface area contributed by atoms with Gasteiger partial charge in [0.05, 0.1) is 28.8 Å². The van der Waals surface area contributed by atoms with Crippen molar-refractivity contribution < 1.29 is 22.3 Å². The smallest absolute Gasteiger partial charge is 0.327 e. The van der Waals surface area contributed by atoms with Gasteiger partial charge in [-0.1, -0.05) is 11.6 Å². The number of esters is 1. The first-order chi connectivity index (χ1) is 13.3. The van der Waals surface area contributed by atoms with E-state index in [0.29, 0.717) is 12.8 Å². The van der Waals surface area contributed by atoms with Crippen molar-refractivity contribution in [3.63, 3.8) is 0 Å². The number of hydrogen-bond donors (Lipinski definition) is 0. The summed E-state index contributed by atoms with van der Waals surface area (Å²) in [7, 11) is -2.41. The molecule has 1 aromatic carbocycles. The van der Waals surface area contributed by atoms with E-state index in [1.54, 1.807) is 17.8 Å². The number of carbonyl (C=O) groups excluding carboxylic acids is 1. The molecule has 1 heterocycles. The maximum Gasteiger partial charge on any atom is 0.327 e. The third-order valence-corrected chi connectivity index (χ3v) is 6.97. The molecule has 152 valence electrons. The van der Waals surface area contributed by atoms with Gasteiger partial charge in [0, 0.05) is 18.3 Å². The summed E-state index contributed by atoms with van der Waals surface area (Å²) in [5, 5.41) is 4.01. The van der Waals surface area contributed by atoms with Gasteiger partial charge in [-0.2, -0.15) is 9.40 Å². The molecule has 0 bridgehead atoms. The second kappa shape index (κ2) is 8.18. The third kappa shape index (κ3) is 3.92. The van der Waals surface area contributed by atoms with Crippen molar-refractivity contribution >= 4 is 27.6 Å². The highest BCUT2D eigenvalue weighted by Crippen LogP contribution is 2.36. The Morgan fingerprint density at radius 3 is 2.89 bits per heavy atom. The van der Waals surface area contributed by atoms with Gasteiger partial charge in [0.25, 0.3) is 0 Å². The highest BCUT2D eigenvalue weighted by atomic mass is 35.5. The molecule has 0 aliphatic heterocycles. The third-order valence-electron chi connectivity index (χ3n) is 4.82. The number of halogens is 2. The Bertz CT molecular complexity index is 993. The number of nitrogens with zero attached hydrogens (tertiary/aromatic N) is 3. The normalized spacial score (nSPS) is 16.8. The van der Waals surface area contributed by atoms with Crippen molar-refractivity contribution in [2.75, 3.05) is 13.7 Å². The molecule has 1 atom stereocenters. The molecule has 7 nitrogen and oxygen atoms in total. The number of ether oxygens (including phenoxy) is 1. The number of benzene rings is 1. The SMILES string of the molecule is CCOC(=O)Cn1ncc2c1CCCC2N(C)S(=O)(=O)c1ccc(F)c(Cl)c1. The van der Waals surface area contributed by atoms with E-state index in [2.05, 4.69) is 5.10 Å². The van der Waals surface area contributed by atoms with Crippen molar-refractivity contribution in [2.24, 2.45) is 0 Å². The van der Waals surface area contributed by atoms with Crippen LogP contribution < -0.4 is 0 Å². The Morgan fingerprint density at radius 2 is 2.21 bits per heavy atom. The summed E-state index contributed by atoms with van der Waals surface area (Å²) in [5.41, 5.74) is 1.58. The molecule has 1 aromatic heterocycles. The molecule has 28 heavy (non-hydrogen) atoms. The van der Waals surface area contributed by atoms with Crippen molar-refractivity contribution in [3.05, 3.63) is 46.5 Å². The van der Waals surface area contributed by atoms with Crippen molar-refractivity contribution in [1.82, 2.24) is 14.1 Å². The molecule has 0 saturated carbocycles. The summed E-state index contributed by atoms with van der Waals surface area (Å²) >= 11 is 5.75. The largest absolute Gasteiger partial charge is 0.465 e. The predicted molar refractivity (Wildman–Crippen MR) is 101 cm³/mol. The Kier molecular flexibility index (Phi) is 6.07. The number of hydrogen-bond acceptors (Lipinski definition) is 5. The van der Waals surface area contributed by atoms with Gasteiger partial charge in [0.2, 0.25) is 10.0 Å². The van der Waals surface area contributed by atoms with Crippen molar-refractivity contribution in [1.29, 1.82) is 0 Å². The van der Waals surface area contributed by atoms with Crippen molar-refractivity contribution in [2.45, 2.75) is 43.7 Å². The Labute approximate surface area is 168 Å². The van der Waals surface area contributed by atoms with E-state index < -0.39 is 27.9 Å². The summed E-state index contributed by atoms with van der Waals surface area (Å²) in [5.74, 6) is -1.07. The summed E-state index contributed by atoms with van der Waals surface area (Å²) in [6, 6.07) is 2.90. The van der Waals surface area contributed by atoms with Crippen LogP contribution in [0, 0.1) is 5.82 Å². The zero-order valence-electron chi connectivity index (χ0n) is 15.6. The minimum atomic E-state index is -3.89. The maximum atomic E-state index is 13.4. The second-order valence-electron chi connectivity index (χ2n) is 6.51. The lowest BCUT2D eigenvalue weighted by atomic mass is 9.93. The summed E-state index contributed by atoms with van der Waals surface area (Å²) in [6.07, 6.45) is 3.66. The van der Waals surface area contributed by atoms with Gasteiger partial charge < -0.3 is 4.74 Å². The molecule has 0 fully saturated rings. The fourth-order valence-electron chi connectivity index (χ4n) is 3.41. The molecule has 0 radical (unpaired) electrons. The molecular weight excluding hydrogens is 409 g/mol. The number of carbonyl (C=O) groups is 1. The molecule has 0 saturated heterocycles. The number of aromatic nitrogens is 2. The maximum absolute atomic E-state index is 13.4. The first kappa shape index (κ1) is 20.8. The van der Waals surface area contributed by atoms with Gasteiger partial charge in [-0.05, 0) is 44.4 Å². The van der Waals surface area contributed by atoms with E-state index in [1.165, 1.54) is 17.4 Å². The summed E-state index contributed by atoms with van der Waals surface area (Å²) < 4.78 is 47.2. The van der Waals surface area contributed by atoms with Crippen LogP contribution in [0.15, 0.2) is 29.3 Å². The minimum absolute atomic E-state index is 0.0140. The van der Waals surface area contributed by atoms with Crippen LogP contribution in [-0.4, -0.2) is 42.1 Å². The highest BCUT2D eigenvalue weighted by Gasteiger charge is 2.34. The Hall–Kier alpha value is -1.97. The lowest BCUT2D eigenvalue weighted by Crippen LogP contribution is -2.33. The van der Waals surface area contributed by atoms with Gasteiger partial charge in [0.1, 0.15) is 12.4 Å². The van der Waals surface area contributed by atoms with Crippen LogP contribution in [0.25, 0.3) is 0 Å². The quantitative estimate of drug-likeness (QED) is 0.659. The van der Waals surface area contributed by atoms with Crippen molar-refractivity contribution in [3.8, 4) is 0 Å². The molecular formula is C18H21ClFN3O4S. The van der Waals surface area contributed by atoms with Crippen LogP contribution in [0.4, 0.5) is 4.39 Å². The fourth-order valence-corrected chi connectivity index (χ4v) is 5.05. The van der Waals surface area contributed by atoms with E-state index in [4.69, 9.17) is 16.3 Å². The lowest BCUT2D eigenvalue weighted by molar-refractivity contribution is -0.144. The van der Waals surface area contributed by atoms with E-state index in [-0.39, 0.29) is 23.1 Å². The lowest BCUT2D eigenvalue weighted by Gasteiger charge is -2.31. The minimum Gasteiger partial charge on any atom is -0.465 e. The molecule has 1 aliphatic rings. The average Bonchev–Trinajstić information content (AvgIpc) is 3.06. The molecule has 1 aliphatic carbocycles. The Balaban J connectivity index is 1.90.